The summed E-state index contributed by atoms with van der Waals surface area (Å²) >= 11 is 0. The van der Waals surface area contributed by atoms with Crippen LogP contribution in [0.1, 0.15) is 51.9 Å². The fourth-order valence-corrected chi connectivity index (χ4v) is 3.38. The smallest absolute Gasteiger partial charge is 0.311 e. The molecule has 2 rings (SSSR count). The van der Waals surface area contributed by atoms with Crippen molar-refractivity contribution in [3.05, 3.63) is 0 Å². The Hall–Kier alpha value is -1.10. The molecule has 0 aromatic rings. The van der Waals surface area contributed by atoms with Crippen LogP contribution in [-0.4, -0.2) is 36.1 Å². The van der Waals surface area contributed by atoms with Gasteiger partial charge in [-0.1, -0.05) is 12.8 Å². The average Bonchev–Trinajstić information content (AvgIpc) is 2.92. The minimum absolute atomic E-state index is 0.0104. The van der Waals surface area contributed by atoms with Crippen LogP contribution in [0.5, 0.6) is 0 Å². The fraction of sp³-hybridized carbons (Fsp3) is 0.867. The van der Waals surface area contributed by atoms with E-state index in [0.29, 0.717) is 18.8 Å². The normalized spacial score (nSPS) is 33.9. The number of carbonyl (C=O) groups is 2. The van der Waals surface area contributed by atoms with Gasteiger partial charge >= 0.3 is 5.97 Å². The first-order valence-electron chi connectivity index (χ1n) is 7.76. The van der Waals surface area contributed by atoms with E-state index in [0.717, 1.165) is 45.2 Å². The van der Waals surface area contributed by atoms with Crippen LogP contribution in [0.25, 0.3) is 0 Å². The zero-order valence-electron chi connectivity index (χ0n) is 12.3. The van der Waals surface area contributed by atoms with Gasteiger partial charge in [-0.15, -0.1) is 0 Å². The molecule has 1 heterocycles. The molecular weight excluding hydrogens is 256 g/mol. The Morgan fingerprint density at radius 3 is 2.80 bits per heavy atom. The number of carboxylic acids is 1. The second-order valence-electron chi connectivity index (χ2n) is 6.49. The quantitative estimate of drug-likeness (QED) is 0.714. The number of rotatable bonds is 5. The lowest BCUT2D eigenvalue weighted by Crippen LogP contribution is -2.52. The van der Waals surface area contributed by atoms with Crippen molar-refractivity contribution in [1.29, 1.82) is 0 Å². The van der Waals surface area contributed by atoms with Gasteiger partial charge in [0.1, 0.15) is 0 Å². The van der Waals surface area contributed by atoms with E-state index in [1.807, 2.05) is 0 Å². The highest BCUT2D eigenvalue weighted by Gasteiger charge is 2.43. The van der Waals surface area contributed by atoms with E-state index < -0.39 is 11.4 Å². The summed E-state index contributed by atoms with van der Waals surface area (Å²) in [6.45, 7) is 3.82. The van der Waals surface area contributed by atoms with E-state index in [9.17, 15) is 14.7 Å². The summed E-state index contributed by atoms with van der Waals surface area (Å²) in [6.07, 6.45) is 5.92. The molecule has 5 nitrogen and oxygen atoms in total. The van der Waals surface area contributed by atoms with E-state index in [2.05, 4.69) is 10.6 Å². The number of aliphatic carboxylic acids is 1. The molecule has 3 atom stereocenters. The summed E-state index contributed by atoms with van der Waals surface area (Å²) in [5.41, 5.74) is -0.803. The Balaban J connectivity index is 1.83. The van der Waals surface area contributed by atoms with Gasteiger partial charge < -0.3 is 15.7 Å². The van der Waals surface area contributed by atoms with Crippen LogP contribution in [-0.2, 0) is 9.59 Å². The Morgan fingerprint density at radius 1 is 1.35 bits per heavy atom. The highest BCUT2D eigenvalue weighted by Crippen LogP contribution is 2.36. The summed E-state index contributed by atoms with van der Waals surface area (Å²) in [7, 11) is 0. The third-order valence-corrected chi connectivity index (χ3v) is 4.97. The van der Waals surface area contributed by atoms with Gasteiger partial charge in [-0.05, 0) is 51.6 Å². The molecular formula is C15H26N2O3. The lowest BCUT2D eigenvalue weighted by Gasteiger charge is -2.38. The maximum atomic E-state index is 12.1. The highest BCUT2D eigenvalue weighted by atomic mass is 16.4. The Bertz CT molecular complexity index is 366. The molecule has 1 aliphatic carbocycles. The van der Waals surface area contributed by atoms with Gasteiger partial charge in [-0.2, -0.15) is 0 Å². The van der Waals surface area contributed by atoms with E-state index in [4.69, 9.17) is 0 Å². The van der Waals surface area contributed by atoms with Crippen LogP contribution in [0.2, 0.25) is 0 Å². The second-order valence-corrected chi connectivity index (χ2v) is 6.49. The molecule has 2 aliphatic rings. The molecule has 5 heteroatoms. The zero-order valence-corrected chi connectivity index (χ0v) is 12.3. The maximum absolute atomic E-state index is 12.1. The summed E-state index contributed by atoms with van der Waals surface area (Å²) in [4.78, 5) is 23.5. The molecule has 3 N–H and O–H groups in total. The van der Waals surface area contributed by atoms with Crippen LogP contribution in [0.15, 0.2) is 0 Å². The van der Waals surface area contributed by atoms with Crippen molar-refractivity contribution in [2.45, 2.75) is 57.9 Å². The SMILES string of the molecule is CC1(C(=O)O)CCCCC1NC(=O)CCC1CCNC1. The van der Waals surface area contributed by atoms with E-state index in [-0.39, 0.29) is 11.9 Å². The molecule has 1 aliphatic heterocycles. The van der Waals surface area contributed by atoms with Gasteiger partial charge in [0.15, 0.2) is 0 Å². The Labute approximate surface area is 120 Å². The van der Waals surface area contributed by atoms with Crippen molar-refractivity contribution in [1.82, 2.24) is 10.6 Å². The molecule has 2 fully saturated rings. The number of carboxylic acid groups (broad SMARTS) is 1. The number of carbonyl (C=O) groups excluding carboxylic acids is 1. The van der Waals surface area contributed by atoms with Gasteiger partial charge in [0, 0.05) is 12.5 Å². The first kappa shape index (κ1) is 15.3. The third kappa shape index (κ3) is 3.51. The summed E-state index contributed by atoms with van der Waals surface area (Å²) in [6, 6.07) is -0.219. The predicted molar refractivity (Wildman–Crippen MR) is 76.4 cm³/mol. The van der Waals surface area contributed by atoms with Gasteiger partial charge in [-0.3, -0.25) is 9.59 Å². The van der Waals surface area contributed by atoms with Gasteiger partial charge in [-0.25, -0.2) is 0 Å². The largest absolute Gasteiger partial charge is 0.481 e. The topological polar surface area (TPSA) is 78.4 Å². The van der Waals surface area contributed by atoms with Gasteiger partial charge in [0.05, 0.1) is 5.41 Å². The van der Waals surface area contributed by atoms with E-state index >= 15 is 0 Å². The van der Waals surface area contributed by atoms with Crippen LogP contribution in [0, 0.1) is 11.3 Å². The van der Waals surface area contributed by atoms with Crippen molar-refractivity contribution in [2.75, 3.05) is 13.1 Å². The molecule has 0 bridgehead atoms. The monoisotopic (exact) mass is 282 g/mol. The lowest BCUT2D eigenvalue weighted by atomic mass is 9.71. The first-order valence-corrected chi connectivity index (χ1v) is 7.76. The van der Waals surface area contributed by atoms with Crippen molar-refractivity contribution >= 4 is 11.9 Å². The Kier molecular flexibility index (Phi) is 5.02. The molecule has 0 spiro atoms. The molecule has 114 valence electrons. The third-order valence-electron chi connectivity index (χ3n) is 4.97. The first-order chi connectivity index (χ1) is 9.52. The summed E-state index contributed by atoms with van der Waals surface area (Å²) in [5, 5.41) is 15.7. The van der Waals surface area contributed by atoms with E-state index in [1.165, 1.54) is 0 Å². The Morgan fingerprint density at radius 2 is 2.15 bits per heavy atom. The number of amides is 1. The molecule has 0 radical (unpaired) electrons. The van der Waals surface area contributed by atoms with Gasteiger partial charge in [0.2, 0.25) is 5.91 Å². The van der Waals surface area contributed by atoms with Gasteiger partial charge in [0.25, 0.3) is 0 Å². The molecule has 1 saturated carbocycles. The summed E-state index contributed by atoms with van der Waals surface area (Å²) in [5.74, 6) is -0.184. The van der Waals surface area contributed by atoms with E-state index in [1.54, 1.807) is 6.92 Å². The zero-order chi connectivity index (χ0) is 14.6. The molecule has 20 heavy (non-hydrogen) atoms. The minimum atomic E-state index is -0.803. The standard InChI is InChI=1S/C15H26N2O3/c1-15(14(19)20)8-3-2-4-12(15)17-13(18)6-5-11-7-9-16-10-11/h11-12,16H,2-10H2,1H3,(H,17,18)(H,19,20). The highest BCUT2D eigenvalue weighted by molar-refractivity contribution is 5.79. The van der Waals surface area contributed by atoms with Crippen molar-refractivity contribution in [2.24, 2.45) is 11.3 Å². The number of nitrogens with one attached hydrogen (secondary N) is 2. The minimum Gasteiger partial charge on any atom is -0.481 e. The predicted octanol–water partition coefficient (Wildman–Crippen LogP) is 1.53. The molecule has 0 aromatic heterocycles. The molecule has 1 saturated heterocycles. The van der Waals surface area contributed by atoms with Crippen LogP contribution < -0.4 is 10.6 Å². The van der Waals surface area contributed by atoms with Crippen LogP contribution in [0.3, 0.4) is 0 Å². The van der Waals surface area contributed by atoms with Crippen LogP contribution >= 0.6 is 0 Å². The lowest BCUT2D eigenvalue weighted by molar-refractivity contribution is -0.152. The molecule has 3 unspecified atom stereocenters. The summed E-state index contributed by atoms with van der Waals surface area (Å²) < 4.78 is 0. The fourth-order valence-electron chi connectivity index (χ4n) is 3.38. The van der Waals surface area contributed by atoms with Crippen molar-refractivity contribution in [3.8, 4) is 0 Å². The maximum Gasteiger partial charge on any atom is 0.311 e. The second kappa shape index (κ2) is 6.57. The number of hydrogen-bond acceptors (Lipinski definition) is 3. The molecule has 1 amide bonds. The number of hydrogen-bond donors (Lipinski definition) is 3. The van der Waals surface area contributed by atoms with Crippen molar-refractivity contribution < 1.29 is 14.7 Å². The molecule has 0 aromatic carbocycles. The van der Waals surface area contributed by atoms with Crippen molar-refractivity contribution in [3.63, 3.8) is 0 Å². The van der Waals surface area contributed by atoms with Crippen LogP contribution in [0.4, 0.5) is 0 Å². The average molecular weight is 282 g/mol.